The highest BCUT2D eigenvalue weighted by Gasteiger charge is 2.23. The quantitative estimate of drug-likeness (QED) is 0.836. The van der Waals surface area contributed by atoms with Crippen molar-refractivity contribution in [3.8, 4) is 10.6 Å². The zero-order valence-corrected chi connectivity index (χ0v) is 12.8. The number of anilines is 1. The Labute approximate surface area is 125 Å². The second-order valence-corrected chi connectivity index (χ2v) is 6.52. The summed E-state index contributed by atoms with van der Waals surface area (Å²) in [7, 11) is 0. The van der Waals surface area contributed by atoms with Crippen LogP contribution in [0, 0.1) is 5.92 Å². The molecule has 2 aromatic rings. The molecule has 1 aliphatic carbocycles. The van der Waals surface area contributed by atoms with Crippen LogP contribution in [0.25, 0.3) is 10.6 Å². The molecule has 1 aromatic heterocycles. The molecule has 0 saturated heterocycles. The van der Waals surface area contributed by atoms with E-state index >= 15 is 0 Å². The predicted molar refractivity (Wildman–Crippen MR) is 87.2 cm³/mol. The van der Waals surface area contributed by atoms with Crippen LogP contribution in [0.1, 0.15) is 39.0 Å². The third kappa shape index (κ3) is 3.04. The fourth-order valence-corrected chi connectivity index (χ4v) is 3.84. The van der Waals surface area contributed by atoms with E-state index in [0.29, 0.717) is 6.04 Å². The first kappa shape index (κ1) is 13.6. The smallest absolute Gasteiger partial charge is 0.123 e. The zero-order chi connectivity index (χ0) is 13.8. The number of nitrogens with one attached hydrogen (secondary N) is 1. The first-order chi connectivity index (χ1) is 9.86. The van der Waals surface area contributed by atoms with Crippen LogP contribution in [0.5, 0.6) is 0 Å². The van der Waals surface area contributed by atoms with E-state index in [2.05, 4.69) is 41.5 Å². The van der Waals surface area contributed by atoms with Gasteiger partial charge in [0.15, 0.2) is 0 Å². The van der Waals surface area contributed by atoms with Gasteiger partial charge in [0, 0.05) is 28.9 Å². The van der Waals surface area contributed by atoms with Crippen molar-refractivity contribution in [1.82, 2.24) is 4.98 Å². The average molecular weight is 286 g/mol. The van der Waals surface area contributed by atoms with E-state index in [1.807, 2.05) is 11.6 Å². The van der Waals surface area contributed by atoms with Gasteiger partial charge in [-0.1, -0.05) is 38.3 Å². The molecule has 106 valence electrons. The Morgan fingerprint density at radius 1 is 1.30 bits per heavy atom. The molecule has 2 unspecified atom stereocenters. The van der Waals surface area contributed by atoms with Gasteiger partial charge in [-0.05, 0) is 30.9 Å². The van der Waals surface area contributed by atoms with E-state index in [-0.39, 0.29) is 0 Å². The lowest BCUT2D eigenvalue weighted by molar-refractivity contribution is 0.317. The van der Waals surface area contributed by atoms with E-state index in [1.165, 1.54) is 43.4 Å². The number of thiazole rings is 1. The third-order valence-electron chi connectivity index (χ3n) is 4.33. The van der Waals surface area contributed by atoms with Gasteiger partial charge in [-0.2, -0.15) is 0 Å². The van der Waals surface area contributed by atoms with Gasteiger partial charge in [-0.15, -0.1) is 11.3 Å². The second kappa shape index (κ2) is 6.40. The molecule has 3 heteroatoms. The molecule has 1 aliphatic rings. The molecule has 1 fully saturated rings. The topological polar surface area (TPSA) is 24.9 Å². The first-order valence-electron chi connectivity index (χ1n) is 7.63. The summed E-state index contributed by atoms with van der Waals surface area (Å²) in [6.07, 6.45) is 8.59. The SMILES string of the molecule is CCC1CCCCC1Nc1cccc(-c2nccs2)c1. The maximum absolute atomic E-state index is 4.40. The minimum atomic E-state index is 0.639. The van der Waals surface area contributed by atoms with Gasteiger partial charge in [0.1, 0.15) is 5.01 Å². The summed E-state index contributed by atoms with van der Waals surface area (Å²) in [5.41, 5.74) is 2.46. The lowest BCUT2D eigenvalue weighted by atomic mass is 9.83. The monoisotopic (exact) mass is 286 g/mol. The van der Waals surface area contributed by atoms with Crippen LogP contribution < -0.4 is 5.32 Å². The number of nitrogens with zero attached hydrogens (tertiary/aromatic N) is 1. The lowest BCUT2D eigenvalue weighted by Crippen LogP contribution is -2.31. The predicted octanol–water partition coefficient (Wildman–Crippen LogP) is 5.19. The Bertz CT molecular complexity index is 536. The molecule has 0 aliphatic heterocycles. The summed E-state index contributed by atoms with van der Waals surface area (Å²) in [6.45, 7) is 2.32. The van der Waals surface area contributed by atoms with Crippen molar-refractivity contribution in [2.75, 3.05) is 5.32 Å². The van der Waals surface area contributed by atoms with Crippen molar-refractivity contribution in [2.24, 2.45) is 5.92 Å². The number of benzene rings is 1. The summed E-state index contributed by atoms with van der Waals surface area (Å²) in [4.78, 5) is 4.40. The van der Waals surface area contributed by atoms with Crippen LogP contribution in [0.15, 0.2) is 35.8 Å². The molecule has 2 atom stereocenters. The lowest BCUT2D eigenvalue weighted by Gasteiger charge is -2.32. The highest BCUT2D eigenvalue weighted by atomic mass is 32.1. The molecule has 20 heavy (non-hydrogen) atoms. The van der Waals surface area contributed by atoms with Crippen LogP contribution >= 0.6 is 11.3 Å². The fourth-order valence-electron chi connectivity index (χ4n) is 3.21. The first-order valence-corrected chi connectivity index (χ1v) is 8.51. The van der Waals surface area contributed by atoms with Gasteiger partial charge >= 0.3 is 0 Å². The number of hydrogen-bond acceptors (Lipinski definition) is 3. The molecule has 1 heterocycles. The summed E-state index contributed by atoms with van der Waals surface area (Å²) in [5, 5.41) is 6.89. The molecule has 0 radical (unpaired) electrons. The van der Waals surface area contributed by atoms with Crippen molar-refractivity contribution in [2.45, 2.75) is 45.1 Å². The maximum Gasteiger partial charge on any atom is 0.123 e. The minimum Gasteiger partial charge on any atom is -0.382 e. The zero-order valence-electron chi connectivity index (χ0n) is 12.0. The minimum absolute atomic E-state index is 0.639. The van der Waals surface area contributed by atoms with Crippen molar-refractivity contribution in [1.29, 1.82) is 0 Å². The Morgan fingerprint density at radius 2 is 2.20 bits per heavy atom. The van der Waals surface area contributed by atoms with E-state index < -0.39 is 0 Å². The molecule has 1 saturated carbocycles. The van der Waals surface area contributed by atoms with Gasteiger partial charge < -0.3 is 5.32 Å². The summed E-state index contributed by atoms with van der Waals surface area (Å²) in [6, 6.07) is 9.32. The van der Waals surface area contributed by atoms with Crippen LogP contribution in [0.3, 0.4) is 0 Å². The Morgan fingerprint density at radius 3 is 3.00 bits per heavy atom. The summed E-state index contributed by atoms with van der Waals surface area (Å²) in [5.74, 6) is 0.826. The Hall–Kier alpha value is -1.35. The van der Waals surface area contributed by atoms with Gasteiger partial charge in [0.05, 0.1) is 0 Å². The highest BCUT2D eigenvalue weighted by Crippen LogP contribution is 2.31. The molecular weight excluding hydrogens is 264 g/mol. The van der Waals surface area contributed by atoms with E-state index in [1.54, 1.807) is 11.3 Å². The van der Waals surface area contributed by atoms with E-state index in [4.69, 9.17) is 0 Å². The van der Waals surface area contributed by atoms with Crippen molar-refractivity contribution >= 4 is 17.0 Å². The summed E-state index contributed by atoms with van der Waals surface area (Å²) < 4.78 is 0. The molecule has 1 aromatic carbocycles. The van der Waals surface area contributed by atoms with Crippen molar-refractivity contribution in [3.05, 3.63) is 35.8 Å². The van der Waals surface area contributed by atoms with Crippen LogP contribution in [-0.4, -0.2) is 11.0 Å². The van der Waals surface area contributed by atoms with Gasteiger partial charge in [-0.3, -0.25) is 0 Å². The van der Waals surface area contributed by atoms with Gasteiger partial charge in [-0.25, -0.2) is 4.98 Å². The highest BCUT2D eigenvalue weighted by molar-refractivity contribution is 7.13. The molecular formula is C17H22N2S. The Balaban J connectivity index is 1.75. The Kier molecular flexibility index (Phi) is 4.36. The second-order valence-electron chi connectivity index (χ2n) is 5.62. The molecule has 1 N–H and O–H groups in total. The van der Waals surface area contributed by atoms with E-state index in [9.17, 15) is 0 Å². The molecule has 0 amide bonds. The number of hydrogen-bond donors (Lipinski definition) is 1. The fraction of sp³-hybridized carbons (Fsp3) is 0.471. The largest absolute Gasteiger partial charge is 0.382 e. The van der Waals surface area contributed by atoms with Crippen LogP contribution in [0.2, 0.25) is 0 Å². The van der Waals surface area contributed by atoms with Crippen LogP contribution in [0.4, 0.5) is 5.69 Å². The molecule has 0 spiro atoms. The molecule has 2 nitrogen and oxygen atoms in total. The van der Waals surface area contributed by atoms with E-state index in [0.717, 1.165) is 10.9 Å². The summed E-state index contributed by atoms with van der Waals surface area (Å²) >= 11 is 1.70. The van der Waals surface area contributed by atoms with Gasteiger partial charge in [0.25, 0.3) is 0 Å². The van der Waals surface area contributed by atoms with Crippen molar-refractivity contribution in [3.63, 3.8) is 0 Å². The normalized spacial score (nSPS) is 22.6. The standard InChI is InChI=1S/C17H22N2S/c1-2-13-6-3-4-9-16(13)19-15-8-5-7-14(12-15)17-18-10-11-20-17/h5,7-8,10-13,16,19H,2-4,6,9H2,1H3. The molecule has 0 bridgehead atoms. The van der Waals surface area contributed by atoms with Gasteiger partial charge in [0.2, 0.25) is 0 Å². The van der Waals surface area contributed by atoms with Crippen molar-refractivity contribution < 1.29 is 0 Å². The average Bonchev–Trinajstić information content (AvgIpc) is 3.02. The maximum atomic E-state index is 4.40. The number of rotatable bonds is 4. The number of aromatic nitrogens is 1. The third-order valence-corrected chi connectivity index (χ3v) is 5.15. The molecule has 3 rings (SSSR count). The van der Waals surface area contributed by atoms with Crippen LogP contribution in [-0.2, 0) is 0 Å².